The lowest BCUT2D eigenvalue weighted by Gasteiger charge is -2.12. The molecule has 0 unspecified atom stereocenters. The molecule has 0 amide bonds. The van der Waals surface area contributed by atoms with E-state index in [4.69, 9.17) is 11.6 Å². The number of aromatic hydroxyl groups is 2. The van der Waals surface area contributed by atoms with Crippen LogP contribution in [-0.4, -0.2) is 10.2 Å². The van der Waals surface area contributed by atoms with Gasteiger partial charge in [-0.3, -0.25) is 0 Å². The molecule has 17 heavy (non-hydrogen) atoms. The molecule has 1 rings (SSSR count). The van der Waals surface area contributed by atoms with Crippen LogP contribution in [0.2, 0.25) is 5.02 Å². The van der Waals surface area contributed by atoms with Gasteiger partial charge in [-0.05, 0) is 30.9 Å². The average Bonchev–Trinajstić information content (AvgIpc) is 2.32. The Kier molecular flexibility index (Phi) is 5.63. The molecule has 0 aliphatic carbocycles. The predicted molar refractivity (Wildman–Crippen MR) is 72.0 cm³/mol. The molecule has 3 heteroatoms. The summed E-state index contributed by atoms with van der Waals surface area (Å²) in [6.07, 6.45) is 6.02. The van der Waals surface area contributed by atoms with E-state index < -0.39 is 0 Å². The van der Waals surface area contributed by atoms with Crippen molar-refractivity contribution < 1.29 is 10.2 Å². The van der Waals surface area contributed by atoms with Crippen LogP contribution in [0, 0.1) is 0 Å². The number of rotatable bonds is 6. The first-order valence-electron chi connectivity index (χ1n) is 6.33. The Hall–Kier alpha value is -0.890. The minimum Gasteiger partial charge on any atom is -0.507 e. The molecular formula is C14H21ClO2. The standard InChI is InChI=1S/C14H21ClO2/c1-3-5-6-7-8-10-9-12(15)14(17)11(4-2)13(10)16/h9,16-17H,3-8H2,1-2H3. The molecule has 0 bridgehead atoms. The van der Waals surface area contributed by atoms with E-state index in [-0.39, 0.29) is 11.5 Å². The van der Waals surface area contributed by atoms with Gasteiger partial charge < -0.3 is 10.2 Å². The predicted octanol–water partition coefficient (Wildman–Crippen LogP) is 4.44. The van der Waals surface area contributed by atoms with Crippen molar-refractivity contribution in [2.45, 2.75) is 52.4 Å². The lowest BCUT2D eigenvalue weighted by atomic mass is 10.0. The van der Waals surface area contributed by atoms with Crippen molar-refractivity contribution in [3.8, 4) is 11.5 Å². The first-order valence-corrected chi connectivity index (χ1v) is 6.71. The molecule has 96 valence electrons. The fraction of sp³-hybridized carbons (Fsp3) is 0.571. The molecule has 0 fully saturated rings. The monoisotopic (exact) mass is 256 g/mol. The van der Waals surface area contributed by atoms with E-state index in [1.807, 2.05) is 6.92 Å². The first-order chi connectivity index (χ1) is 8.11. The van der Waals surface area contributed by atoms with Gasteiger partial charge in [0.05, 0.1) is 5.02 Å². The van der Waals surface area contributed by atoms with Gasteiger partial charge in [0.1, 0.15) is 11.5 Å². The second-order valence-corrected chi connectivity index (χ2v) is 4.76. The zero-order valence-electron chi connectivity index (χ0n) is 10.6. The van der Waals surface area contributed by atoms with Crippen molar-refractivity contribution in [2.24, 2.45) is 0 Å². The third kappa shape index (κ3) is 3.53. The van der Waals surface area contributed by atoms with Crippen molar-refractivity contribution >= 4 is 11.6 Å². The molecule has 0 aliphatic heterocycles. The van der Waals surface area contributed by atoms with Gasteiger partial charge in [-0.25, -0.2) is 0 Å². The van der Waals surface area contributed by atoms with E-state index in [0.717, 1.165) is 24.8 Å². The van der Waals surface area contributed by atoms with Crippen LogP contribution in [0.4, 0.5) is 0 Å². The molecule has 0 aliphatic rings. The Labute approximate surface area is 108 Å². The van der Waals surface area contributed by atoms with E-state index in [1.54, 1.807) is 6.07 Å². The molecule has 2 N–H and O–H groups in total. The lowest BCUT2D eigenvalue weighted by Crippen LogP contribution is -1.93. The van der Waals surface area contributed by atoms with E-state index in [9.17, 15) is 10.2 Å². The smallest absolute Gasteiger partial charge is 0.141 e. The maximum Gasteiger partial charge on any atom is 0.141 e. The summed E-state index contributed by atoms with van der Waals surface area (Å²) in [6.45, 7) is 4.07. The van der Waals surface area contributed by atoms with Crippen molar-refractivity contribution in [1.29, 1.82) is 0 Å². The molecule has 0 aromatic heterocycles. The second kappa shape index (κ2) is 6.75. The highest BCUT2D eigenvalue weighted by atomic mass is 35.5. The van der Waals surface area contributed by atoms with E-state index in [1.165, 1.54) is 12.8 Å². The maximum absolute atomic E-state index is 10.0. The van der Waals surface area contributed by atoms with Crippen LogP contribution in [0.15, 0.2) is 6.07 Å². The number of phenolic OH excluding ortho intramolecular Hbond substituents is 2. The molecule has 0 radical (unpaired) electrons. The van der Waals surface area contributed by atoms with Crippen LogP contribution in [0.3, 0.4) is 0 Å². The van der Waals surface area contributed by atoms with Gasteiger partial charge >= 0.3 is 0 Å². The normalized spacial score (nSPS) is 10.8. The number of aryl methyl sites for hydroxylation is 1. The van der Waals surface area contributed by atoms with Crippen LogP contribution in [0.1, 0.15) is 50.7 Å². The van der Waals surface area contributed by atoms with Crippen LogP contribution in [0.5, 0.6) is 11.5 Å². The minimum absolute atomic E-state index is 0.0176. The molecule has 0 saturated heterocycles. The molecule has 0 saturated carbocycles. The summed E-state index contributed by atoms with van der Waals surface area (Å²) < 4.78 is 0. The zero-order valence-corrected chi connectivity index (χ0v) is 11.3. The van der Waals surface area contributed by atoms with Gasteiger partial charge in [-0.1, -0.05) is 44.7 Å². The first kappa shape index (κ1) is 14.2. The summed E-state index contributed by atoms with van der Waals surface area (Å²) in [5.74, 6) is 0.231. The molecular weight excluding hydrogens is 236 g/mol. The summed E-state index contributed by atoms with van der Waals surface area (Å²) in [5.41, 5.74) is 1.41. The van der Waals surface area contributed by atoms with Gasteiger partial charge in [0.2, 0.25) is 0 Å². The lowest BCUT2D eigenvalue weighted by molar-refractivity contribution is 0.434. The number of phenols is 2. The fourth-order valence-corrected chi connectivity index (χ4v) is 2.25. The zero-order chi connectivity index (χ0) is 12.8. The Morgan fingerprint density at radius 2 is 1.76 bits per heavy atom. The SMILES string of the molecule is CCCCCCc1cc(Cl)c(O)c(CC)c1O. The topological polar surface area (TPSA) is 40.5 Å². The van der Waals surface area contributed by atoms with Gasteiger partial charge in [-0.2, -0.15) is 0 Å². The van der Waals surface area contributed by atoms with E-state index in [0.29, 0.717) is 17.0 Å². The van der Waals surface area contributed by atoms with Crippen molar-refractivity contribution in [3.63, 3.8) is 0 Å². The summed E-state index contributed by atoms with van der Waals surface area (Å²) in [7, 11) is 0. The highest BCUT2D eigenvalue weighted by Crippen LogP contribution is 2.38. The highest BCUT2D eigenvalue weighted by molar-refractivity contribution is 6.32. The van der Waals surface area contributed by atoms with Crippen LogP contribution in [-0.2, 0) is 12.8 Å². The molecule has 1 aromatic carbocycles. The van der Waals surface area contributed by atoms with Crippen molar-refractivity contribution in [1.82, 2.24) is 0 Å². The maximum atomic E-state index is 10.0. The molecule has 0 heterocycles. The number of halogens is 1. The summed E-state index contributed by atoms with van der Waals surface area (Å²) in [6, 6.07) is 1.68. The van der Waals surface area contributed by atoms with Crippen molar-refractivity contribution in [2.75, 3.05) is 0 Å². The molecule has 2 nitrogen and oxygen atoms in total. The molecule has 0 spiro atoms. The van der Waals surface area contributed by atoms with Gasteiger partial charge in [0.25, 0.3) is 0 Å². The van der Waals surface area contributed by atoms with E-state index >= 15 is 0 Å². The van der Waals surface area contributed by atoms with E-state index in [2.05, 4.69) is 6.92 Å². The van der Waals surface area contributed by atoms with Gasteiger partial charge in [0.15, 0.2) is 0 Å². The summed E-state index contributed by atoms with van der Waals surface area (Å²) >= 11 is 5.95. The van der Waals surface area contributed by atoms with Gasteiger partial charge in [0, 0.05) is 5.56 Å². The third-order valence-corrected chi connectivity index (χ3v) is 3.34. The van der Waals surface area contributed by atoms with Crippen molar-refractivity contribution in [3.05, 3.63) is 22.2 Å². The Morgan fingerprint density at radius 3 is 2.35 bits per heavy atom. The minimum atomic E-state index is 0.0176. The van der Waals surface area contributed by atoms with Crippen LogP contribution >= 0.6 is 11.6 Å². The number of hydrogen-bond donors (Lipinski definition) is 2. The quantitative estimate of drug-likeness (QED) is 0.739. The van der Waals surface area contributed by atoms with Crippen LogP contribution < -0.4 is 0 Å². The number of unbranched alkanes of at least 4 members (excludes halogenated alkanes) is 3. The number of benzene rings is 1. The molecule has 1 aromatic rings. The Morgan fingerprint density at radius 1 is 1.06 bits per heavy atom. The number of hydrogen-bond acceptors (Lipinski definition) is 2. The summed E-state index contributed by atoms with van der Waals surface area (Å²) in [5, 5.41) is 20.1. The largest absolute Gasteiger partial charge is 0.507 e. The molecule has 0 atom stereocenters. The fourth-order valence-electron chi connectivity index (χ4n) is 2.01. The Bertz CT molecular complexity index is 375. The third-order valence-electron chi connectivity index (χ3n) is 3.06. The average molecular weight is 257 g/mol. The van der Waals surface area contributed by atoms with Gasteiger partial charge in [-0.15, -0.1) is 0 Å². The summed E-state index contributed by atoms with van der Waals surface area (Å²) in [4.78, 5) is 0. The Balaban J connectivity index is 2.82. The van der Waals surface area contributed by atoms with Crippen LogP contribution in [0.25, 0.3) is 0 Å². The second-order valence-electron chi connectivity index (χ2n) is 4.36. The highest BCUT2D eigenvalue weighted by Gasteiger charge is 2.14.